The molecular weight excluding hydrogens is 213 g/mol. The maximum Gasteiger partial charge on any atom is 0.523 e. The molecule has 0 aliphatic carbocycles. The minimum atomic E-state index is -5.48. The standard InChI is InChI=1S/C5H9F3O4S/c1-4(11-2)3-12-13(9,10)5(6,7)8/h4H,3H2,1-2H3/t4-/m0/s1. The molecule has 0 aliphatic rings. The van der Waals surface area contributed by atoms with Crippen molar-refractivity contribution in [1.82, 2.24) is 0 Å². The number of alkyl halides is 3. The zero-order chi connectivity index (χ0) is 10.7. The third-order valence-corrected chi connectivity index (χ3v) is 2.16. The zero-order valence-corrected chi connectivity index (χ0v) is 7.78. The van der Waals surface area contributed by atoms with Gasteiger partial charge in [-0.25, -0.2) is 0 Å². The molecule has 0 heterocycles. The topological polar surface area (TPSA) is 52.6 Å². The number of hydrogen-bond donors (Lipinski definition) is 0. The molecule has 8 heteroatoms. The van der Waals surface area contributed by atoms with Gasteiger partial charge in [-0.1, -0.05) is 0 Å². The Morgan fingerprint density at radius 3 is 2.15 bits per heavy atom. The summed E-state index contributed by atoms with van der Waals surface area (Å²) in [5, 5.41) is 0. The van der Waals surface area contributed by atoms with E-state index in [1.807, 2.05) is 0 Å². The second kappa shape index (κ2) is 4.25. The van der Waals surface area contributed by atoms with Gasteiger partial charge in [0, 0.05) is 7.11 Å². The first-order valence-corrected chi connectivity index (χ1v) is 4.60. The molecule has 0 aromatic rings. The van der Waals surface area contributed by atoms with Gasteiger partial charge in [-0.2, -0.15) is 21.6 Å². The highest BCUT2D eigenvalue weighted by molar-refractivity contribution is 7.87. The van der Waals surface area contributed by atoms with Crippen LogP contribution in [0.1, 0.15) is 6.92 Å². The number of rotatable bonds is 4. The predicted octanol–water partition coefficient (Wildman–Crippen LogP) is 0.888. The van der Waals surface area contributed by atoms with Crippen LogP contribution in [-0.2, 0) is 19.0 Å². The summed E-state index contributed by atoms with van der Waals surface area (Å²) in [7, 11) is -4.25. The molecular formula is C5H9F3O4S. The molecule has 0 unspecified atom stereocenters. The third-order valence-electron chi connectivity index (χ3n) is 1.14. The quantitative estimate of drug-likeness (QED) is 0.523. The van der Waals surface area contributed by atoms with E-state index in [1.165, 1.54) is 14.0 Å². The zero-order valence-electron chi connectivity index (χ0n) is 6.96. The van der Waals surface area contributed by atoms with E-state index in [-0.39, 0.29) is 0 Å². The number of halogens is 3. The van der Waals surface area contributed by atoms with E-state index in [0.717, 1.165) is 0 Å². The van der Waals surface area contributed by atoms with E-state index in [0.29, 0.717) is 0 Å². The van der Waals surface area contributed by atoms with Crippen LogP contribution in [0.25, 0.3) is 0 Å². The first-order chi connectivity index (χ1) is 5.70. The van der Waals surface area contributed by atoms with Crippen LogP contribution in [0, 0.1) is 0 Å². The highest BCUT2D eigenvalue weighted by Crippen LogP contribution is 2.24. The summed E-state index contributed by atoms with van der Waals surface area (Å²) >= 11 is 0. The average molecular weight is 222 g/mol. The molecule has 0 aromatic carbocycles. The number of hydrogen-bond acceptors (Lipinski definition) is 4. The summed E-state index contributed by atoms with van der Waals surface area (Å²) < 4.78 is 63.6. The summed E-state index contributed by atoms with van der Waals surface area (Å²) in [6.45, 7) is 0.726. The Bertz CT molecular complexity index is 245. The maximum atomic E-state index is 11.6. The van der Waals surface area contributed by atoms with Crippen molar-refractivity contribution < 1.29 is 30.5 Å². The minimum Gasteiger partial charge on any atom is -0.379 e. The SMILES string of the molecule is CO[C@@H](C)COS(=O)(=O)C(F)(F)F. The molecule has 0 spiro atoms. The Labute approximate surface area is 73.8 Å². The van der Waals surface area contributed by atoms with Crippen molar-refractivity contribution in [3.63, 3.8) is 0 Å². The molecule has 0 aromatic heterocycles. The lowest BCUT2D eigenvalue weighted by atomic mass is 10.4. The fraction of sp³-hybridized carbons (Fsp3) is 1.00. The van der Waals surface area contributed by atoms with Gasteiger partial charge < -0.3 is 4.74 Å². The van der Waals surface area contributed by atoms with Crippen molar-refractivity contribution >= 4 is 10.1 Å². The smallest absolute Gasteiger partial charge is 0.379 e. The summed E-state index contributed by atoms with van der Waals surface area (Å²) in [6, 6.07) is 0. The van der Waals surface area contributed by atoms with E-state index in [2.05, 4.69) is 8.92 Å². The monoisotopic (exact) mass is 222 g/mol. The summed E-state index contributed by atoms with van der Waals surface area (Å²) in [5.41, 5.74) is -5.37. The van der Waals surface area contributed by atoms with Gasteiger partial charge >= 0.3 is 15.6 Å². The highest BCUT2D eigenvalue weighted by atomic mass is 32.2. The van der Waals surface area contributed by atoms with E-state index >= 15 is 0 Å². The summed E-state index contributed by atoms with van der Waals surface area (Å²) in [6.07, 6.45) is -0.711. The largest absolute Gasteiger partial charge is 0.523 e. The Balaban J connectivity index is 4.22. The predicted molar refractivity (Wildman–Crippen MR) is 37.4 cm³/mol. The van der Waals surface area contributed by atoms with Crippen LogP contribution in [0.5, 0.6) is 0 Å². The van der Waals surface area contributed by atoms with Crippen molar-refractivity contribution in [3.05, 3.63) is 0 Å². The molecule has 0 rings (SSSR count). The molecule has 0 bridgehead atoms. The van der Waals surface area contributed by atoms with Crippen LogP contribution in [0.2, 0.25) is 0 Å². The molecule has 1 atom stereocenters. The fourth-order valence-corrected chi connectivity index (χ4v) is 0.825. The van der Waals surface area contributed by atoms with Crippen molar-refractivity contribution in [2.75, 3.05) is 13.7 Å². The molecule has 0 radical (unpaired) electrons. The first kappa shape index (κ1) is 12.7. The molecule has 4 nitrogen and oxygen atoms in total. The van der Waals surface area contributed by atoms with Crippen molar-refractivity contribution in [1.29, 1.82) is 0 Å². The van der Waals surface area contributed by atoms with E-state index in [4.69, 9.17) is 0 Å². The van der Waals surface area contributed by atoms with E-state index in [1.54, 1.807) is 0 Å². The molecule has 0 amide bonds. The highest BCUT2D eigenvalue weighted by Gasteiger charge is 2.47. The lowest BCUT2D eigenvalue weighted by Gasteiger charge is -2.11. The second-order valence-electron chi connectivity index (χ2n) is 2.23. The van der Waals surface area contributed by atoms with Gasteiger partial charge in [-0.05, 0) is 6.92 Å². The Morgan fingerprint density at radius 1 is 1.38 bits per heavy atom. The van der Waals surface area contributed by atoms with Crippen LogP contribution in [0.4, 0.5) is 13.2 Å². The van der Waals surface area contributed by atoms with Crippen molar-refractivity contribution in [3.8, 4) is 0 Å². The number of methoxy groups -OCH3 is 1. The normalized spacial score (nSPS) is 15.8. The second-order valence-corrected chi connectivity index (χ2v) is 3.84. The molecule has 0 fully saturated rings. The van der Waals surface area contributed by atoms with Crippen LogP contribution in [-0.4, -0.2) is 33.7 Å². The van der Waals surface area contributed by atoms with Gasteiger partial charge in [0.05, 0.1) is 12.7 Å². The lowest BCUT2D eigenvalue weighted by Crippen LogP contribution is -2.28. The molecule has 80 valence electrons. The first-order valence-electron chi connectivity index (χ1n) is 3.19. The van der Waals surface area contributed by atoms with Crippen molar-refractivity contribution in [2.24, 2.45) is 0 Å². The Morgan fingerprint density at radius 2 is 1.85 bits per heavy atom. The molecule has 0 saturated carbocycles. The van der Waals surface area contributed by atoms with Crippen LogP contribution in [0.15, 0.2) is 0 Å². The van der Waals surface area contributed by atoms with Gasteiger partial charge in [0.1, 0.15) is 0 Å². The van der Waals surface area contributed by atoms with E-state index < -0.39 is 28.3 Å². The number of ether oxygens (including phenoxy) is 1. The fourth-order valence-electron chi connectivity index (χ4n) is 0.320. The van der Waals surface area contributed by atoms with Gasteiger partial charge in [0.25, 0.3) is 0 Å². The van der Waals surface area contributed by atoms with Crippen LogP contribution >= 0.6 is 0 Å². The molecule has 0 saturated heterocycles. The third kappa shape index (κ3) is 3.92. The molecule has 0 N–H and O–H groups in total. The lowest BCUT2D eigenvalue weighted by molar-refractivity contribution is -0.0569. The summed E-state index contributed by atoms with van der Waals surface area (Å²) in [5.74, 6) is 0. The van der Waals surface area contributed by atoms with Crippen LogP contribution < -0.4 is 0 Å². The van der Waals surface area contributed by atoms with Crippen LogP contribution in [0.3, 0.4) is 0 Å². The van der Waals surface area contributed by atoms with Gasteiger partial charge in [-0.15, -0.1) is 0 Å². The summed E-state index contributed by atoms with van der Waals surface area (Å²) in [4.78, 5) is 0. The Kier molecular flexibility index (Phi) is 4.14. The molecule has 0 aliphatic heterocycles. The Hall–Kier alpha value is -0.340. The van der Waals surface area contributed by atoms with Gasteiger partial charge in [0.15, 0.2) is 0 Å². The van der Waals surface area contributed by atoms with Crippen molar-refractivity contribution in [2.45, 2.75) is 18.5 Å². The minimum absolute atomic E-state index is 0.654. The maximum absolute atomic E-state index is 11.6. The van der Waals surface area contributed by atoms with Gasteiger partial charge in [-0.3, -0.25) is 4.18 Å². The van der Waals surface area contributed by atoms with E-state index in [9.17, 15) is 21.6 Å². The molecule has 13 heavy (non-hydrogen) atoms. The van der Waals surface area contributed by atoms with Gasteiger partial charge in [0.2, 0.25) is 0 Å². The average Bonchev–Trinajstić information content (AvgIpc) is 1.98.